The summed E-state index contributed by atoms with van der Waals surface area (Å²) in [5.41, 5.74) is 2.02. The van der Waals surface area contributed by atoms with Crippen molar-refractivity contribution >= 4 is 45.9 Å². The fourth-order valence-corrected chi connectivity index (χ4v) is 6.74. The largest absolute Gasteiger partial charge is 0.497 e. The lowest BCUT2D eigenvalue weighted by Gasteiger charge is -2.11. The third-order valence-electron chi connectivity index (χ3n) is 6.75. The van der Waals surface area contributed by atoms with E-state index in [9.17, 15) is 14.4 Å². The molecule has 0 unspecified atom stereocenters. The van der Waals surface area contributed by atoms with E-state index in [1.54, 1.807) is 38.3 Å². The van der Waals surface area contributed by atoms with Gasteiger partial charge < -0.3 is 24.7 Å². The number of anilines is 1. The molecule has 12 heteroatoms. The molecule has 1 aliphatic carbocycles. The number of methoxy groups -OCH3 is 1. The molecule has 0 radical (unpaired) electrons. The van der Waals surface area contributed by atoms with Gasteiger partial charge in [0.1, 0.15) is 10.8 Å². The normalized spacial score (nSPS) is 12.8. The molecule has 2 heterocycles. The van der Waals surface area contributed by atoms with Crippen molar-refractivity contribution in [3.63, 3.8) is 0 Å². The molecule has 0 aliphatic heterocycles. The molecule has 1 aliphatic rings. The van der Waals surface area contributed by atoms with Gasteiger partial charge in [-0.3, -0.25) is 9.59 Å². The van der Waals surface area contributed by atoms with Gasteiger partial charge in [0.2, 0.25) is 5.91 Å². The van der Waals surface area contributed by atoms with Crippen LogP contribution < -0.4 is 15.4 Å². The van der Waals surface area contributed by atoms with Gasteiger partial charge in [0.05, 0.1) is 31.6 Å². The second kappa shape index (κ2) is 15.0. The number of unbranched alkanes of at least 4 members (excludes halogenated alkanes) is 1. The first-order chi connectivity index (χ1) is 19.9. The molecule has 10 nitrogen and oxygen atoms in total. The summed E-state index contributed by atoms with van der Waals surface area (Å²) in [6, 6.07) is 6.94. The Bertz CT molecular complexity index is 1370. The molecule has 2 amide bonds. The number of thiophene rings is 1. The summed E-state index contributed by atoms with van der Waals surface area (Å²) in [6.07, 6.45) is 6.84. The van der Waals surface area contributed by atoms with Crippen molar-refractivity contribution < 1.29 is 23.9 Å². The zero-order chi connectivity index (χ0) is 29.2. The van der Waals surface area contributed by atoms with Gasteiger partial charge in [-0.25, -0.2) is 4.79 Å². The van der Waals surface area contributed by atoms with Crippen LogP contribution in [0.1, 0.15) is 82.9 Å². The van der Waals surface area contributed by atoms with Gasteiger partial charge in [0.15, 0.2) is 11.0 Å². The van der Waals surface area contributed by atoms with Crippen LogP contribution in [-0.4, -0.2) is 52.0 Å². The molecule has 0 saturated heterocycles. The zero-order valence-corrected chi connectivity index (χ0v) is 25.4. The molecule has 0 saturated carbocycles. The third kappa shape index (κ3) is 7.88. The van der Waals surface area contributed by atoms with Gasteiger partial charge in [-0.1, -0.05) is 37.6 Å². The molecule has 0 fully saturated rings. The number of hydrogen-bond acceptors (Lipinski definition) is 9. The van der Waals surface area contributed by atoms with Crippen molar-refractivity contribution in [2.75, 3.05) is 24.8 Å². The lowest BCUT2D eigenvalue weighted by atomic mass is 10.1. The van der Waals surface area contributed by atoms with Crippen LogP contribution in [0.2, 0.25) is 0 Å². The van der Waals surface area contributed by atoms with E-state index in [-0.39, 0.29) is 36.7 Å². The SMILES string of the molecule is CCCCn1c(CNC(=O)c2cccc(OC)c2)nnc1SCC(=O)Nc1sc2c(c1C(=O)OCC)CCCCC2. The first-order valence-electron chi connectivity index (χ1n) is 14.0. The van der Waals surface area contributed by atoms with E-state index < -0.39 is 0 Å². The molecule has 4 rings (SSSR count). The highest BCUT2D eigenvalue weighted by molar-refractivity contribution is 7.99. The molecule has 0 spiro atoms. The van der Waals surface area contributed by atoms with E-state index in [1.807, 2.05) is 4.57 Å². The highest BCUT2D eigenvalue weighted by Crippen LogP contribution is 2.38. The molecule has 41 heavy (non-hydrogen) atoms. The van der Waals surface area contributed by atoms with E-state index in [0.29, 0.717) is 39.4 Å². The lowest BCUT2D eigenvalue weighted by Crippen LogP contribution is -2.25. The zero-order valence-electron chi connectivity index (χ0n) is 23.8. The summed E-state index contributed by atoms with van der Waals surface area (Å²) in [4.78, 5) is 39.7. The minimum Gasteiger partial charge on any atom is -0.497 e. The summed E-state index contributed by atoms with van der Waals surface area (Å²) in [5, 5.41) is 15.7. The highest BCUT2D eigenvalue weighted by atomic mass is 32.2. The number of ether oxygens (including phenoxy) is 2. The number of nitrogens with one attached hydrogen (secondary N) is 2. The molecule has 3 aromatic rings. The van der Waals surface area contributed by atoms with Crippen LogP contribution in [0.3, 0.4) is 0 Å². The van der Waals surface area contributed by atoms with Crippen molar-refractivity contribution in [1.82, 2.24) is 20.1 Å². The van der Waals surface area contributed by atoms with Crippen LogP contribution in [-0.2, 0) is 35.5 Å². The predicted molar refractivity (Wildman–Crippen MR) is 160 cm³/mol. The van der Waals surface area contributed by atoms with E-state index in [4.69, 9.17) is 9.47 Å². The van der Waals surface area contributed by atoms with Gasteiger partial charge in [0, 0.05) is 17.0 Å². The molecule has 1 aromatic carbocycles. The molecule has 2 aromatic heterocycles. The number of carbonyl (C=O) groups is 3. The van der Waals surface area contributed by atoms with Crippen molar-refractivity contribution in [3.8, 4) is 5.75 Å². The monoisotopic (exact) mass is 599 g/mol. The van der Waals surface area contributed by atoms with Crippen molar-refractivity contribution in [1.29, 1.82) is 0 Å². The fourth-order valence-electron chi connectivity index (χ4n) is 4.67. The maximum Gasteiger partial charge on any atom is 0.341 e. The highest BCUT2D eigenvalue weighted by Gasteiger charge is 2.27. The Morgan fingerprint density at radius 2 is 1.95 bits per heavy atom. The number of nitrogens with zero attached hydrogens (tertiary/aromatic N) is 3. The minimum atomic E-state index is -0.380. The van der Waals surface area contributed by atoms with Crippen LogP contribution in [0.5, 0.6) is 5.75 Å². The van der Waals surface area contributed by atoms with Crippen molar-refractivity contribution in [2.45, 2.75) is 77.0 Å². The Labute approximate surface area is 248 Å². The Kier molecular flexibility index (Phi) is 11.2. The minimum absolute atomic E-state index is 0.102. The molecule has 0 atom stereocenters. The fraction of sp³-hybridized carbons (Fsp3) is 0.483. The average Bonchev–Trinajstić information content (AvgIpc) is 3.44. The van der Waals surface area contributed by atoms with Crippen LogP contribution in [0.4, 0.5) is 5.00 Å². The van der Waals surface area contributed by atoms with Crippen LogP contribution in [0.25, 0.3) is 0 Å². The number of carbonyl (C=O) groups excluding carboxylic acids is 3. The van der Waals surface area contributed by atoms with Gasteiger partial charge in [-0.2, -0.15) is 0 Å². The number of amides is 2. The quantitative estimate of drug-likeness (QED) is 0.155. The number of rotatable bonds is 13. The topological polar surface area (TPSA) is 124 Å². The number of thioether (sulfide) groups is 1. The van der Waals surface area contributed by atoms with Crippen molar-refractivity contribution in [2.24, 2.45) is 0 Å². The summed E-state index contributed by atoms with van der Waals surface area (Å²) in [6.45, 7) is 5.03. The molecular formula is C29H37N5O5S2. The lowest BCUT2D eigenvalue weighted by molar-refractivity contribution is -0.113. The van der Waals surface area contributed by atoms with E-state index in [1.165, 1.54) is 23.1 Å². The standard InChI is InChI=1S/C29H37N5O5S2/c1-4-6-15-34-23(17-30-26(36)19-11-10-12-20(16-19)38-3)32-33-29(34)40-18-24(35)31-27-25(28(37)39-5-2)21-13-8-7-9-14-22(21)41-27/h10-12,16H,4-9,13-15,17-18H2,1-3H3,(H,30,36)(H,31,35). The number of benzene rings is 1. The predicted octanol–water partition coefficient (Wildman–Crippen LogP) is 5.25. The number of aryl methyl sites for hydroxylation is 1. The average molecular weight is 600 g/mol. The van der Waals surface area contributed by atoms with E-state index >= 15 is 0 Å². The summed E-state index contributed by atoms with van der Waals surface area (Å²) in [7, 11) is 1.56. The number of hydrogen-bond donors (Lipinski definition) is 2. The van der Waals surface area contributed by atoms with Crippen LogP contribution >= 0.6 is 23.1 Å². The summed E-state index contributed by atoms with van der Waals surface area (Å²) >= 11 is 2.76. The van der Waals surface area contributed by atoms with E-state index in [2.05, 4.69) is 27.8 Å². The van der Waals surface area contributed by atoms with Gasteiger partial charge in [-0.15, -0.1) is 21.5 Å². The first-order valence-corrected chi connectivity index (χ1v) is 15.8. The second-order valence-corrected chi connectivity index (χ2v) is 11.7. The molecule has 2 N–H and O–H groups in total. The smallest absolute Gasteiger partial charge is 0.341 e. The summed E-state index contributed by atoms with van der Waals surface area (Å²) in [5.74, 6) is 0.474. The Hall–Kier alpha value is -3.38. The van der Waals surface area contributed by atoms with Crippen molar-refractivity contribution in [3.05, 3.63) is 51.7 Å². The number of fused-ring (bicyclic) bond motifs is 1. The van der Waals surface area contributed by atoms with E-state index in [0.717, 1.165) is 55.4 Å². The Morgan fingerprint density at radius 3 is 2.73 bits per heavy atom. The van der Waals surface area contributed by atoms with Crippen LogP contribution in [0.15, 0.2) is 29.4 Å². The molecule has 0 bridgehead atoms. The maximum atomic E-state index is 13.1. The third-order valence-corrected chi connectivity index (χ3v) is 8.93. The van der Waals surface area contributed by atoms with Gasteiger partial charge >= 0.3 is 5.97 Å². The van der Waals surface area contributed by atoms with Crippen LogP contribution in [0, 0.1) is 0 Å². The number of esters is 1. The first kappa shape index (κ1) is 30.6. The maximum absolute atomic E-state index is 13.1. The molecular weight excluding hydrogens is 562 g/mol. The Morgan fingerprint density at radius 1 is 1.12 bits per heavy atom. The Balaban J connectivity index is 1.43. The number of aromatic nitrogens is 3. The summed E-state index contributed by atoms with van der Waals surface area (Å²) < 4.78 is 12.5. The van der Waals surface area contributed by atoms with Gasteiger partial charge in [0.25, 0.3) is 5.91 Å². The molecule has 220 valence electrons. The van der Waals surface area contributed by atoms with Gasteiger partial charge in [-0.05, 0) is 62.8 Å². The second-order valence-electron chi connectivity index (χ2n) is 9.64.